The van der Waals surface area contributed by atoms with Crippen LogP contribution in [0.4, 0.5) is 0 Å². The molecular formula is C20H25N5O2S2. The SMILES string of the molecule is CCC(C)Cc1c(C)sc2nc(SCC(=O)N(CCC#N)CCC#N)[nH]c(=O)c12. The maximum Gasteiger partial charge on any atom is 0.260 e. The maximum absolute atomic E-state index is 12.7. The second-order valence-corrected chi connectivity index (χ2v) is 9.06. The van der Waals surface area contributed by atoms with E-state index in [1.54, 1.807) is 0 Å². The van der Waals surface area contributed by atoms with Gasteiger partial charge in [-0.25, -0.2) is 4.98 Å². The van der Waals surface area contributed by atoms with Crippen molar-refractivity contribution >= 4 is 39.2 Å². The van der Waals surface area contributed by atoms with Crippen molar-refractivity contribution in [3.05, 3.63) is 20.8 Å². The largest absolute Gasteiger partial charge is 0.340 e. The number of aromatic nitrogens is 2. The summed E-state index contributed by atoms with van der Waals surface area (Å²) in [5.41, 5.74) is 0.901. The number of hydrogen-bond acceptors (Lipinski definition) is 7. The van der Waals surface area contributed by atoms with Crippen LogP contribution in [0.2, 0.25) is 0 Å². The van der Waals surface area contributed by atoms with E-state index in [4.69, 9.17) is 10.5 Å². The van der Waals surface area contributed by atoms with Gasteiger partial charge in [-0.15, -0.1) is 11.3 Å². The minimum Gasteiger partial charge on any atom is -0.340 e. The highest BCUT2D eigenvalue weighted by Crippen LogP contribution is 2.30. The number of aryl methyl sites for hydroxylation is 1. The number of carbonyl (C=O) groups excluding carboxylic acids is 1. The molecule has 2 heterocycles. The number of amides is 1. The molecule has 0 fully saturated rings. The quantitative estimate of drug-likeness (QED) is 0.454. The van der Waals surface area contributed by atoms with Crippen LogP contribution in [0.5, 0.6) is 0 Å². The van der Waals surface area contributed by atoms with Gasteiger partial charge in [0.2, 0.25) is 5.91 Å². The van der Waals surface area contributed by atoms with Crippen LogP contribution >= 0.6 is 23.1 Å². The lowest BCUT2D eigenvalue weighted by molar-refractivity contribution is -0.128. The number of fused-ring (bicyclic) bond motifs is 1. The van der Waals surface area contributed by atoms with E-state index in [1.165, 1.54) is 28.0 Å². The normalized spacial score (nSPS) is 11.8. The van der Waals surface area contributed by atoms with E-state index in [2.05, 4.69) is 23.8 Å². The molecule has 0 aliphatic rings. The molecule has 0 saturated carbocycles. The van der Waals surface area contributed by atoms with Crippen molar-refractivity contribution in [1.82, 2.24) is 14.9 Å². The Bertz CT molecular complexity index is 981. The molecule has 2 rings (SSSR count). The Morgan fingerprint density at radius 3 is 2.55 bits per heavy atom. The van der Waals surface area contributed by atoms with E-state index < -0.39 is 0 Å². The number of hydrogen-bond donors (Lipinski definition) is 1. The summed E-state index contributed by atoms with van der Waals surface area (Å²) in [6.45, 7) is 6.92. The number of aromatic amines is 1. The lowest BCUT2D eigenvalue weighted by Crippen LogP contribution is -2.34. The highest BCUT2D eigenvalue weighted by atomic mass is 32.2. The maximum atomic E-state index is 12.7. The lowest BCUT2D eigenvalue weighted by atomic mass is 9.98. The summed E-state index contributed by atoms with van der Waals surface area (Å²) in [6, 6.07) is 4.03. The molecule has 29 heavy (non-hydrogen) atoms. The fourth-order valence-electron chi connectivity index (χ4n) is 2.91. The van der Waals surface area contributed by atoms with E-state index in [0.29, 0.717) is 34.4 Å². The van der Waals surface area contributed by atoms with Crippen LogP contribution in [-0.4, -0.2) is 39.6 Å². The van der Waals surface area contributed by atoms with Crippen molar-refractivity contribution in [2.24, 2.45) is 5.92 Å². The van der Waals surface area contributed by atoms with Gasteiger partial charge in [-0.05, 0) is 24.8 Å². The number of thioether (sulfide) groups is 1. The molecule has 0 bridgehead atoms. The van der Waals surface area contributed by atoms with Gasteiger partial charge in [0.1, 0.15) is 4.83 Å². The van der Waals surface area contributed by atoms with Crippen LogP contribution in [0.15, 0.2) is 9.95 Å². The molecule has 0 aromatic carbocycles. The summed E-state index contributed by atoms with van der Waals surface area (Å²) < 4.78 is 0. The minimum atomic E-state index is -0.178. The molecule has 2 aromatic heterocycles. The van der Waals surface area contributed by atoms with E-state index in [-0.39, 0.29) is 30.1 Å². The lowest BCUT2D eigenvalue weighted by Gasteiger charge is -2.19. The average molecular weight is 432 g/mol. The van der Waals surface area contributed by atoms with Crippen LogP contribution in [0.25, 0.3) is 10.2 Å². The van der Waals surface area contributed by atoms with Gasteiger partial charge >= 0.3 is 0 Å². The van der Waals surface area contributed by atoms with Gasteiger partial charge in [-0.2, -0.15) is 10.5 Å². The number of carbonyl (C=O) groups is 1. The van der Waals surface area contributed by atoms with Gasteiger partial charge in [-0.3, -0.25) is 9.59 Å². The third-order valence-corrected chi connectivity index (χ3v) is 6.66. The highest BCUT2D eigenvalue weighted by Gasteiger charge is 2.18. The van der Waals surface area contributed by atoms with Gasteiger partial charge in [0.05, 0.1) is 36.1 Å². The standard InChI is InChI=1S/C20H25N5O2S2/c1-4-13(2)11-15-14(3)29-19-17(15)18(27)23-20(24-19)28-12-16(26)25(9-5-7-21)10-6-8-22/h13H,4-6,9-12H2,1-3H3,(H,23,24,27). The van der Waals surface area contributed by atoms with Gasteiger partial charge in [-0.1, -0.05) is 32.0 Å². The predicted octanol–water partition coefficient (Wildman–Crippen LogP) is 3.63. The van der Waals surface area contributed by atoms with Crippen molar-refractivity contribution in [2.75, 3.05) is 18.8 Å². The Hall–Kier alpha value is -2.36. The monoisotopic (exact) mass is 431 g/mol. The summed E-state index contributed by atoms with van der Waals surface area (Å²) in [6.07, 6.45) is 2.34. The summed E-state index contributed by atoms with van der Waals surface area (Å²) in [5, 5.41) is 18.6. The highest BCUT2D eigenvalue weighted by molar-refractivity contribution is 7.99. The van der Waals surface area contributed by atoms with E-state index >= 15 is 0 Å². The molecular weight excluding hydrogens is 406 g/mol. The summed E-state index contributed by atoms with van der Waals surface area (Å²) in [5.74, 6) is 0.406. The number of nitrogens with zero attached hydrogens (tertiary/aromatic N) is 4. The third kappa shape index (κ3) is 6.06. The molecule has 1 unspecified atom stereocenters. The Labute approximate surface area is 178 Å². The number of rotatable bonds is 10. The molecule has 1 N–H and O–H groups in total. The first-order valence-corrected chi connectivity index (χ1v) is 11.4. The molecule has 0 radical (unpaired) electrons. The molecule has 9 heteroatoms. The predicted molar refractivity (Wildman–Crippen MR) is 116 cm³/mol. The molecule has 154 valence electrons. The van der Waals surface area contributed by atoms with Crippen LogP contribution in [0.1, 0.15) is 43.6 Å². The number of nitriles is 2. The molecule has 7 nitrogen and oxygen atoms in total. The first kappa shape index (κ1) is 22.9. The zero-order chi connectivity index (χ0) is 21.4. The van der Waals surface area contributed by atoms with Crippen molar-refractivity contribution in [1.29, 1.82) is 10.5 Å². The van der Waals surface area contributed by atoms with Crippen molar-refractivity contribution < 1.29 is 4.79 Å². The fourth-order valence-corrected chi connectivity index (χ4v) is 4.79. The smallest absolute Gasteiger partial charge is 0.260 e. The Morgan fingerprint density at radius 1 is 1.31 bits per heavy atom. The van der Waals surface area contributed by atoms with Crippen molar-refractivity contribution in [3.63, 3.8) is 0 Å². The minimum absolute atomic E-state index is 0.0926. The molecule has 0 aliphatic carbocycles. The first-order chi connectivity index (χ1) is 13.9. The topological polar surface area (TPSA) is 114 Å². The molecule has 0 saturated heterocycles. The van der Waals surface area contributed by atoms with Gasteiger partial charge < -0.3 is 9.88 Å². The van der Waals surface area contributed by atoms with Crippen LogP contribution in [0, 0.1) is 35.5 Å². The van der Waals surface area contributed by atoms with Crippen molar-refractivity contribution in [3.8, 4) is 12.1 Å². The molecule has 1 amide bonds. The van der Waals surface area contributed by atoms with Gasteiger partial charge in [0, 0.05) is 18.0 Å². The fraction of sp³-hybridized carbons (Fsp3) is 0.550. The van der Waals surface area contributed by atoms with E-state index in [1.807, 2.05) is 19.1 Å². The number of thiophene rings is 1. The summed E-state index contributed by atoms with van der Waals surface area (Å²) in [7, 11) is 0. The third-order valence-electron chi connectivity index (χ3n) is 4.76. The first-order valence-electron chi connectivity index (χ1n) is 9.57. The summed E-state index contributed by atoms with van der Waals surface area (Å²) >= 11 is 2.68. The molecule has 2 aromatic rings. The summed E-state index contributed by atoms with van der Waals surface area (Å²) in [4.78, 5) is 35.8. The molecule has 0 spiro atoms. The van der Waals surface area contributed by atoms with Crippen LogP contribution in [0.3, 0.4) is 0 Å². The second-order valence-electron chi connectivity index (χ2n) is 6.89. The average Bonchev–Trinajstić information content (AvgIpc) is 3.01. The Kier molecular flexibility index (Phi) is 8.69. The Balaban J connectivity index is 2.16. The zero-order valence-corrected chi connectivity index (χ0v) is 18.6. The van der Waals surface area contributed by atoms with E-state index in [0.717, 1.165) is 23.3 Å². The molecule has 1 atom stereocenters. The van der Waals surface area contributed by atoms with Gasteiger partial charge in [0.25, 0.3) is 5.56 Å². The van der Waals surface area contributed by atoms with Crippen LogP contribution in [-0.2, 0) is 11.2 Å². The molecule has 0 aliphatic heterocycles. The van der Waals surface area contributed by atoms with E-state index in [9.17, 15) is 9.59 Å². The van der Waals surface area contributed by atoms with Gasteiger partial charge in [0.15, 0.2) is 5.16 Å². The van der Waals surface area contributed by atoms with Crippen molar-refractivity contribution in [2.45, 2.75) is 51.6 Å². The van der Waals surface area contributed by atoms with Crippen LogP contribution < -0.4 is 5.56 Å². The number of nitrogens with one attached hydrogen (secondary N) is 1. The Morgan fingerprint density at radius 2 is 1.97 bits per heavy atom. The number of H-pyrrole nitrogens is 1. The zero-order valence-electron chi connectivity index (χ0n) is 16.9. The second kappa shape index (κ2) is 11.0.